The first-order valence-corrected chi connectivity index (χ1v) is 4.83. The number of rotatable bonds is 2. The normalized spacial score (nSPS) is 15.3. The van der Waals surface area contributed by atoms with Crippen LogP contribution in [0, 0.1) is 0 Å². The minimum absolute atomic E-state index is 0.841. The van der Waals surface area contributed by atoms with Crippen LogP contribution in [0.5, 0.6) is 0 Å². The summed E-state index contributed by atoms with van der Waals surface area (Å²) in [4.78, 5) is 0. The zero-order valence-corrected chi connectivity index (χ0v) is 7.92. The molecule has 0 unspecified atom stereocenters. The summed E-state index contributed by atoms with van der Waals surface area (Å²) < 4.78 is 5.54. The van der Waals surface area contributed by atoms with E-state index in [1.165, 1.54) is 11.1 Å². The highest BCUT2D eigenvalue weighted by Gasteiger charge is 2.10. The van der Waals surface area contributed by atoms with Crippen LogP contribution in [0.1, 0.15) is 24.5 Å². The molecule has 0 radical (unpaired) electrons. The van der Waals surface area contributed by atoms with Crippen LogP contribution < -0.4 is 0 Å². The molecule has 1 heterocycles. The van der Waals surface area contributed by atoms with Gasteiger partial charge in [-0.25, -0.2) is 0 Å². The minimum atomic E-state index is 0.841. The highest BCUT2D eigenvalue weighted by molar-refractivity contribution is 5.64. The highest BCUT2D eigenvalue weighted by atomic mass is 16.5. The van der Waals surface area contributed by atoms with Crippen LogP contribution >= 0.6 is 0 Å². The van der Waals surface area contributed by atoms with Gasteiger partial charge >= 0.3 is 0 Å². The quantitative estimate of drug-likeness (QED) is 0.669. The minimum Gasteiger partial charge on any atom is -0.493 e. The lowest BCUT2D eigenvalue weighted by atomic mass is 10.0. The Hall–Kier alpha value is -1.24. The number of hydrogen-bond donors (Lipinski definition) is 0. The van der Waals surface area contributed by atoms with Gasteiger partial charge in [0, 0.05) is 12.0 Å². The Morgan fingerprint density at radius 3 is 2.85 bits per heavy atom. The van der Waals surface area contributed by atoms with Gasteiger partial charge < -0.3 is 4.74 Å². The van der Waals surface area contributed by atoms with E-state index in [1.807, 2.05) is 0 Å². The monoisotopic (exact) mass is 174 g/mol. The molecule has 1 nitrogen and oxygen atoms in total. The molecule has 1 heteroatoms. The van der Waals surface area contributed by atoms with Crippen molar-refractivity contribution in [2.24, 2.45) is 0 Å². The van der Waals surface area contributed by atoms with E-state index < -0.39 is 0 Å². The van der Waals surface area contributed by atoms with Crippen LogP contribution in [-0.2, 0) is 11.2 Å². The van der Waals surface area contributed by atoms with E-state index in [4.69, 9.17) is 4.74 Å². The molecular weight excluding hydrogens is 160 g/mol. The molecule has 0 atom stereocenters. The molecule has 0 spiro atoms. The molecule has 1 aromatic rings. The zero-order chi connectivity index (χ0) is 9.10. The van der Waals surface area contributed by atoms with Crippen LogP contribution in [0.25, 0.3) is 5.76 Å². The fourth-order valence-corrected chi connectivity index (χ4v) is 1.67. The summed E-state index contributed by atoms with van der Waals surface area (Å²) in [6.45, 7) is 3.02. The average molecular weight is 174 g/mol. The molecule has 0 bridgehead atoms. The summed E-state index contributed by atoms with van der Waals surface area (Å²) in [5, 5.41) is 0. The molecule has 0 N–H and O–H groups in total. The van der Waals surface area contributed by atoms with Gasteiger partial charge in [-0.05, 0) is 18.1 Å². The van der Waals surface area contributed by atoms with Crippen molar-refractivity contribution in [1.82, 2.24) is 0 Å². The Kier molecular flexibility index (Phi) is 2.35. The first kappa shape index (κ1) is 8.36. The summed E-state index contributed by atoms with van der Waals surface area (Å²) in [5.74, 6) is 1.07. The Morgan fingerprint density at radius 1 is 1.31 bits per heavy atom. The van der Waals surface area contributed by atoms with Crippen molar-refractivity contribution in [3.05, 3.63) is 41.5 Å². The topological polar surface area (TPSA) is 9.23 Å². The molecule has 1 aliphatic heterocycles. The largest absolute Gasteiger partial charge is 0.493 e. The average Bonchev–Trinajstić information content (AvgIpc) is 2.70. The fraction of sp³-hybridized carbons (Fsp3) is 0.333. The van der Waals surface area contributed by atoms with Gasteiger partial charge in [0.2, 0.25) is 0 Å². The van der Waals surface area contributed by atoms with Gasteiger partial charge in [-0.2, -0.15) is 0 Å². The van der Waals surface area contributed by atoms with Gasteiger partial charge in [0.15, 0.2) is 0 Å². The van der Waals surface area contributed by atoms with Gasteiger partial charge in [-0.3, -0.25) is 0 Å². The van der Waals surface area contributed by atoms with E-state index in [1.54, 1.807) is 0 Å². The van der Waals surface area contributed by atoms with E-state index in [0.29, 0.717) is 0 Å². The van der Waals surface area contributed by atoms with E-state index in [2.05, 4.69) is 37.3 Å². The number of hydrogen-bond acceptors (Lipinski definition) is 1. The molecule has 0 saturated carbocycles. The van der Waals surface area contributed by atoms with Gasteiger partial charge in [0.1, 0.15) is 5.76 Å². The second-order valence-electron chi connectivity index (χ2n) is 3.22. The predicted molar refractivity (Wildman–Crippen MR) is 54.4 cm³/mol. The second-order valence-corrected chi connectivity index (χ2v) is 3.22. The maximum absolute atomic E-state index is 5.54. The first-order valence-electron chi connectivity index (χ1n) is 4.83. The third-order valence-electron chi connectivity index (χ3n) is 2.37. The zero-order valence-electron chi connectivity index (χ0n) is 7.92. The lowest BCUT2D eigenvalue weighted by Crippen LogP contribution is -1.92. The first-order chi connectivity index (χ1) is 6.42. The number of benzene rings is 1. The third kappa shape index (κ3) is 1.59. The van der Waals surface area contributed by atoms with Crippen molar-refractivity contribution in [2.45, 2.75) is 19.8 Å². The molecule has 1 aliphatic rings. The predicted octanol–water partition coefficient (Wildman–Crippen LogP) is 3.01. The molecule has 68 valence electrons. The van der Waals surface area contributed by atoms with Crippen LogP contribution in [0.3, 0.4) is 0 Å². The van der Waals surface area contributed by atoms with E-state index in [0.717, 1.165) is 25.2 Å². The fourth-order valence-electron chi connectivity index (χ4n) is 1.67. The number of aryl methyl sites for hydroxylation is 1. The molecule has 0 saturated heterocycles. The maximum atomic E-state index is 5.54. The summed E-state index contributed by atoms with van der Waals surface area (Å²) in [6, 6.07) is 8.45. The molecule has 1 aromatic carbocycles. The SMILES string of the molecule is CCc1ccccc1C1=CCCO1. The van der Waals surface area contributed by atoms with Crippen molar-refractivity contribution >= 4 is 5.76 Å². The van der Waals surface area contributed by atoms with Crippen molar-refractivity contribution in [3.8, 4) is 0 Å². The molecule has 0 fully saturated rings. The van der Waals surface area contributed by atoms with Crippen LogP contribution in [0.4, 0.5) is 0 Å². The Balaban J connectivity index is 2.38. The smallest absolute Gasteiger partial charge is 0.122 e. The molecule has 0 aromatic heterocycles. The van der Waals surface area contributed by atoms with Crippen molar-refractivity contribution < 1.29 is 4.74 Å². The highest BCUT2D eigenvalue weighted by Crippen LogP contribution is 2.24. The standard InChI is InChI=1S/C12H14O/c1-2-10-6-3-4-7-11(10)12-8-5-9-13-12/h3-4,6-8H,2,5,9H2,1H3. The van der Waals surface area contributed by atoms with Gasteiger partial charge in [0.05, 0.1) is 6.61 Å². The summed E-state index contributed by atoms with van der Waals surface area (Å²) >= 11 is 0. The van der Waals surface area contributed by atoms with Gasteiger partial charge in [-0.1, -0.05) is 31.2 Å². The summed E-state index contributed by atoms with van der Waals surface area (Å²) in [5.41, 5.74) is 2.64. The molecule has 13 heavy (non-hydrogen) atoms. The molecule has 0 amide bonds. The molecule has 2 rings (SSSR count). The van der Waals surface area contributed by atoms with E-state index in [9.17, 15) is 0 Å². The Labute approximate surface area is 79.0 Å². The third-order valence-corrected chi connectivity index (χ3v) is 2.37. The lowest BCUT2D eigenvalue weighted by Gasteiger charge is -2.08. The maximum Gasteiger partial charge on any atom is 0.122 e. The van der Waals surface area contributed by atoms with Gasteiger partial charge in [-0.15, -0.1) is 0 Å². The number of ether oxygens (including phenoxy) is 1. The van der Waals surface area contributed by atoms with Crippen molar-refractivity contribution in [3.63, 3.8) is 0 Å². The Bertz CT molecular complexity index is 326. The molecule has 0 aliphatic carbocycles. The van der Waals surface area contributed by atoms with Crippen molar-refractivity contribution in [1.29, 1.82) is 0 Å². The second kappa shape index (κ2) is 3.65. The summed E-state index contributed by atoms with van der Waals surface area (Å²) in [6.07, 6.45) is 4.29. The Morgan fingerprint density at radius 2 is 2.15 bits per heavy atom. The molecular formula is C12H14O. The van der Waals surface area contributed by atoms with Crippen LogP contribution in [0.2, 0.25) is 0 Å². The van der Waals surface area contributed by atoms with Crippen molar-refractivity contribution in [2.75, 3.05) is 6.61 Å². The lowest BCUT2D eigenvalue weighted by molar-refractivity contribution is 0.307. The van der Waals surface area contributed by atoms with Gasteiger partial charge in [0.25, 0.3) is 0 Å². The van der Waals surface area contributed by atoms with Crippen LogP contribution in [0.15, 0.2) is 30.3 Å². The van der Waals surface area contributed by atoms with E-state index >= 15 is 0 Å². The van der Waals surface area contributed by atoms with E-state index in [-0.39, 0.29) is 0 Å². The summed E-state index contributed by atoms with van der Waals surface area (Å²) in [7, 11) is 0. The van der Waals surface area contributed by atoms with Crippen LogP contribution in [-0.4, -0.2) is 6.61 Å².